The van der Waals surface area contributed by atoms with Gasteiger partial charge in [0.1, 0.15) is 0 Å². The lowest BCUT2D eigenvalue weighted by atomic mass is 10.3. The molecule has 0 radical (unpaired) electrons. The highest BCUT2D eigenvalue weighted by atomic mass is 35.5. The maximum absolute atomic E-state index is 12.6. The molecule has 1 aromatic carbocycles. The van der Waals surface area contributed by atoms with Crippen LogP contribution in [0.5, 0.6) is 0 Å². The van der Waals surface area contributed by atoms with Gasteiger partial charge in [0, 0.05) is 6.07 Å². The molecule has 1 aromatic rings. The fourth-order valence-corrected chi connectivity index (χ4v) is 0.927. The van der Waals surface area contributed by atoms with E-state index in [0.29, 0.717) is 0 Å². The molecule has 0 heterocycles. The van der Waals surface area contributed by atoms with E-state index in [2.05, 4.69) is 0 Å². The third kappa shape index (κ3) is 1.57. The van der Waals surface area contributed by atoms with E-state index in [0.717, 1.165) is 0 Å². The zero-order chi connectivity index (χ0) is 10.2. The number of nitro benzene ring substituents is 1. The van der Waals surface area contributed by atoms with Crippen LogP contribution < -0.4 is 0 Å². The van der Waals surface area contributed by atoms with Gasteiger partial charge < -0.3 is 0 Å². The zero-order valence-electron chi connectivity index (χ0n) is 5.85. The van der Waals surface area contributed by atoms with Crippen molar-refractivity contribution >= 4 is 17.3 Å². The third-order valence-corrected chi connectivity index (χ3v) is 1.63. The molecule has 0 bridgehead atoms. The molecule has 70 valence electrons. The lowest BCUT2D eigenvalue weighted by molar-refractivity contribution is -0.387. The van der Waals surface area contributed by atoms with Gasteiger partial charge in [0.25, 0.3) is 0 Å². The van der Waals surface area contributed by atoms with Crippen LogP contribution in [0, 0.1) is 27.6 Å². The smallest absolute Gasteiger partial charge is 0.258 e. The van der Waals surface area contributed by atoms with E-state index in [-0.39, 0.29) is 6.07 Å². The van der Waals surface area contributed by atoms with Crippen molar-refractivity contribution in [2.75, 3.05) is 0 Å². The Morgan fingerprint density at radius 2 is 1.85 bits per heavy atom. The quantitative estimate of drug-likeness (QED) is 0.407. The number of nitrogens with zero attached hydrogens (tertiary/aromatic N) is 1. The molecule has 0 saturated carbocycles. The molecule has 0 amide bonds. The highest BCUT2D eigenvalue weighted by Crippen LogP contribution is 2.31. The lowest BCUT2D eigenvalue weighted by Gasteiger charge is -1.98. The largest absolute Gasteiger partial charge is 0.329 e. The molecule has 0 aliphatic carbocycles. The highest BCUT2D eigenvalue weighted by Gasteiger charge is 2.26. The van der Waals surface area contributed by atoms with Crippen LogP contribution in [0.3, 0.4) is 0 Å². The van der Waals surface area contributed by atoms with Crippen LogP contribution in [0.1, 0.15) is 0 Å². The third-order valence-electron chi connectivity index (χ3n) is 1.27. The first-order chi connectivity index (χ1) is 5.95. The molecule has 0 aromatic heterocycles. The number of hydrogen-bond donors (Lipinski definition) is 0. The van der Waals surface area contributed by atoms with Gasteiger partial charge in [0.05, 0.1) is 4.92 Å². The maximum Gasteiger partial charge on any atom is 0.329 e. The monoisotopic (exact) mass is 211 g/mol. The Kier molecular flexibility index (Phi) is 2.42. The first-order valence-corrected chi connectivity index (χ1v) is 3.30. The number of nitro groups is 1. The summed E-state index contributed by atoms with van der Waals surface area (Å²) in [6.07, 6.45) is 0. The zero-order valence-corrected chi connectivity index (χ0v) is 6.61. The standard InChI is InChI=1S/C6HClF3NO2/c7-4-2(8)1-3(9)5(10)6(4)11(12)13/h1H. The Morgan fingerprint density at radius 1 is 1.31 bits per heavy atom. The number of benzene rings is 1. The van der Waals surface area contributed by atoms with Gasteiger partial charge in [0.2, 0.25) is 5.82 Å². The lowest BCUT2D eigenvalue weighted by Crippen LogP contribution is -1.98. The second-order valence-corrected chi connectivity index (χ2v) is 2.45. The molecule has 0 atom stereocenters. The van der Waals surface area contributed by atoms with Crippen LogP contribution >= 0.6 is 11.6 Å². The maximum atomic E-state index is 12.6. The predicted molar refractivity (Wildman–Crippen MR) is 38.0 cm³/mol. The molecular formula is C6HClF3NO2. The van der Waals surface area contributed by atoms with Gasteiger partial charge >= 0.3 is 5.69 Å². The fraction of sp³-hybridized carbons (Fsp3) is 0. The first kappa shape index (κ1) is 9.79. The highest BCUT2D eigenvalue weighted by molar-refractivity contribution is 6.32. The van der Waals surface area contributed by atoms with Gasteiger partial charge in [-0.05, 0) is 0 Å². The average molecular weight is 212 g/mol. The van der Waals surface area contributed by atoms with Crippen LogP contribution in [0.4, 0.5) is 18.9 Å². The summed E-state index contributed by atoms with van der Waals surface area (Å²) in [4.78, 5) is 8.81. The summed E-state index contributed by atoms with van der Waals surface area (Å²) in [5.74, 6) is -4.78. The molecular weight excluding hydrogens is 211 g/mol. The minimum atomic E-state index is -1.77. The van der Waals surface area contributed by atoms with E-state index in [9.17, 15) is 23.3 Å². The van der Waals surface area contributed by atoms with Crippen LogP contribution in [0.15, 0.2) is 6.07 Å². The van der Waals surface area contributed by atoms with Gasteiger partial charge in [-0.3, -0.25) is 10.1 Å². The molecule has 0 spiro atoms. The summed E-state index contributed by atoms with van der Waals surface area (Å²) < 4.78 is 37.6. The fourth-order valence-electron chi connectivity index (χ4n) is 0.721. The molecule has 0 aliphatic heterocycles. The van der Waals surface area contributed by atoms with Crippen molar-refractivity contribution in [3.8, 4) is 0 Å². The number of hydrogen-bond acceptors (Lipinski definition) is 2. The molecule has 0 aliphatic rings. The van der Waals surface area contributed by atoms with Crippen molar-refractivity contribution < 1.29 is 18.1 Å². The van der Waals surface area contributed by atoms with Crippen molar-refractivity contribution in [3.05, 3.63) is 38.7 Å². The minimum absolute atomic E-state index is 0.144. The van der Waals surface area contributed by atoms with Crippen LogP contribution in [0.2, 0.25) is 5.02 Å². The summed E-state index contributed by atoms with van der Waals surface area (Å²) in [6.45, 7) is 0. The first-order valence-electron chi connectivity index (χ1n) is 2.92. The second kappa shape index (κ2) is 3.21. The number of rotatable bonds is 1. The Labute approximate surface area is 74.9 Å². The van der Waals surface area contributed by atoms with Gasteiger partial charge in [-0.25, -0.2) is 8.78 Å². The van der Waals surface area contributed by atoms with E-state index in [4.69, 9.17) is 11.6 Å². The predicted octanol–water partition coefficient (Wildman–Crippen LogP) is 2.67. The molecule has 7 heteroatoms. The molecule has 3 nitrogen and oxygen atoms in total. The van der Waals surface area contributed by atoms with E-state index in [1.807, 2.05) is 0 Å². The van der Waals surface area contributed by atoms with Crippen molar-refractivity contribution in [2.45, 2.75) is 0 Å². The van der Waals surface area contributed by atoms with Gasteiger partial charge in [0.15, 0.2) is 16.7 Å². The van der Waals surface area contributed by atoms with E-state index in [1.54, 1.807) is 0 Å². The van der Waals surface area contributed by atoms with Crippen molar-refractivity contribution in [1.29, 1.82) is 0 Å². The SMILES string of the molecule is O=[N+]([O-])c1c(F)c(F)cc(F)c1Cl. The Hall–Kier alpha value is -1.30. The molecule has 0 saturated heterocycles. The average Bonchev–Trinajstić information content (AvgIpc) is 2.01. The van der Waals surface area contributed by atoms with Gasteiger partial charge in [-0.1, -0.05) is 11.6 Å². The van der Waals surface area contributed by atoms with Crippen LogP contribution in [0.25, 0.3) is 0 Å². The van der Waals surface area contributed by atoms with Crippen molar-refractivity contribution in [1.82, 2.24) is 0 Å². The number of halogens is 4. The van der Waals surface area contributed by atoms with Gasteiger partial charge in [-0.15, -0.1) is 0 Å². The van der Waals surface area contributed by atoms with Crippen LogP contribution in [-0.4, -0.2) is 4.92 Å². The summed E-state index contributed by atoms with van der Waals surface area (Å²) in [7, 11) is 0. The molecule has 13 heavy (non-hydrogen) atoms. The summed E-state index contributed by atoms with van der Waals surface area (Å²) >= 11 is 5.04. The molecule has 0 unspecified atom stereocenters. The molecule has 0 N–H and O–H groups in total. The van der Waals surface area contributed by atoms with Crippen molar-refractivity contribution in [2.24, 2.45) is 0 Å². The minimum Gasteiger partial charge on any atom is -0.258 e. The Balaban J connectivity index is 3.56. The van der Waals surface area contributed by atoms with E-state index in [1.165, 1.54) is 0 Å². The van der Waals surface area contributed by atoms with Crippen LogP contribution in [-0.2, 0) is 0 Å². The van der Waals surface area contributed by atoms with Gasteiger partial charge in [-0.2, -0.15) is 4.39 Å². The second-order valence-electron chi connectivity index (χ2n) is 2.07. The van der Waals surface area contributed by atoms with E-state index < -0.39 is 33.1 Å². The Morgan fingerprint density at radius 3 is 2.31 bits per heavy atom. The van der Waals surface area contributed by atoms with Crippen molar-refractivity contribution in [3.63, 3.8) is 0 Å². The van der Waals surface area contributed by atoms with E-state index >= 15 is 0 Å². The summed E-state index contributed by atoms with van der Waals surface area (Å²) in [5.41, 5.74) is -1.39. The normalized spacial score (nSPS) is 10.2. The topological polar surface area (TPSA) is 43.1 Å². The summed E-state index contributed by atoms with van der Waals surface area (Å²) in [6, 6.07) is 0.144. The molecule has 1 rings (SSSR count). The molecule has 0 fully saturated rings. The summed E-state index contributed by atoms with van der Waals surface area (Å²) in [5, 5.41) is 9.06. The Bertz CT molecular complexity index is 356.